The fourth-order valence-electron chi connectivity index (χ4n) is 1.91. The number of anilines is 1. The first-order valence-electron chi connectivity index (χ1n) is 5.91. The second kappa shape index (κ2) is 6.28. The van der Waals surface area contributed by atoms with Gasteiger partial charge in [-0.2, -0.15) is 5.26 Å². The van der Waals surface area contributed by atoms with Crippen LogP contribution in [0.15, 0.2) is 12.4 Å². The van der Waals surface area contributed by atoms with Gasteiger partial charge >= 0.3 is 0 Å². The Hall–Kier alpha value is -1.71. The summed E-state index contributed by atoms with van der Waals surface area (Å²) in [7, 11) is 1.66. The van der Waals surface area contributed by atoms with Gasteiger partial charge < -0.3 is 14.4 Å². The van der Waals surface area contributed by atoms with Gasteiger partial charge in [0.05, 0.1) is 31.7 Å². The third-order valence-corrected chi connectivity index (χ3v) is 2.86. The molecule has 0 aliphatic carbocycles. The van der Waals surface area contributed by atoms with E-state index < -0.39 is 0 Å². The number of nitrogens with zero attached hydrogens (tertiary/aromatic N) is 4. The average molecular weight is 248 g/mol. The van der Waals surface area contributed by atoms with E-state index in [0.717, 1.165) is 25.3 Å². The molecule has 1 fully saturated rings. The van der Waals surface area contributed by atoms with Gasteiger partial charge in [0.2, 0.25) is 0 Å². The molecule has 2 heterocycles. The van der Waals surface area contributed by atoms with Crippen molar-refractivity contribution in [3.63, 3.8) is 0 Å². The number of hydrogen-bond acceptors (Lipinski definition) is 6. The summed E-state index contributed by atoms with van der Waals surface area (Å²) >= 11 is 0. The monoisotopic (exact) mass is 248 g/mol. The molecule has 96 valence electrons. The van der Waals surface area contributed by atoms with E-state index in [1.165, 1.54) is 6.20 Å². The van der Waals surface area contributed by atoms with Crippen LogP contribution in [0.5, 0.6) is 0 Å². The van der Waals surface area contributed by atoms with Crippen LogP contribution >= 0.6 is 0 Å². The molecule has 1 aromatic rings. The molecule has 6 nitrogen and oxygen atoms in total. The Morgan fingerprint density at radius 3 is 3.00 bits per heavy atom. The van der Waals surface area contributed by atoms with E-state index in [2.05, 4.69) is 14.9 Å². The van der Waals surface area contributed by atoms with Crippen molar-refractivity contribution in [2.75, 3.05) is 38.3 Å². The van der Waals surface area contributed by atoms with Crippen molar-refractivity contribution in [2.45, 2.75) is 12.5 Å². The van der Waals surface area contributed by atoms with Crippen LogP contribution in [0.3, 0.4) is 0 Å². The lowest BCUT2D eigenvalue weighted by atomic mass is 10.3. The standard InChI is InChI=1S/C12H16N4O2/c1-17-4-5-18-11-2-3-16(9-11)12-8-14-10(6-13)7-15-12/h7-8,11H,2-5,9H2,1H3. The van der Waals surface area contributed by atoms with E-state index in [4.69, 9.17) is 14.7 Å². The zero-order valence-electron chi connectivity index (χ0n) is 10.4. The van der Waals surface area contributed by atoms with E-state index in [9.17, 15) is 0 Å². The summed E-state index contributed by atoms with van der Waals surface area (Å²) in [6.07, 6.45) is 4.33. The van der Waals surface area contributed by atoms with Crippen LogP contribution in [0.25, 0.3) is 0 Å². The van der Waals surface area contributed by atoms with E-state index >= 15 is 0 Å². The maximum Gasteiger partial charge on any atom is 0.158 e. The molecule has 1 aliphatic rings. The molecule has 1 aromatic heterocycles. The van der Waals surface area contributed by atoms with E-state index in [0.29, 0.717) is 18.9 Å². The van der Waals surface area contributed by atoms with Gasteiger partial charge in [0.15, 0.2) is 5.69 Å². The van der Waals surface area contributed by atoms with Gasteiger partial charge in [0, 0.05) is 20.2 Å². The fourth-order valence-corrected chi connectivity index (χ4v) is 1.91. The van der Waals surface area contributed by atoms with Crippen molar-refractivity contribution in [1.82, 2.24) is 9.97 Å². The third-order valence-electron chi connectivity index (χ3n) is 2.86. The van der Waals surface area contributed by atoms with Gasteiger partial charge in [-0.15, -0.1) is 0 Å². The third kappa shape index (κ3) is 3.15. The van der Waals surface area contributed by atoms with Crippen molar-refractivity contribution >= 4 is 5.82 Å². The molecule has 0 saturated carbocycles. The number of aromatic nitrogens is 2. The van der Waals surface area contributed by atoms with Gasteiger partial charge in [-0.05, 0) is 6.42 Å². The molecule has 2 rings (SSSR count). The Kier molecular flexibility index (Phi) is 4.45. The largest absolute Gasteiger partial charge is 0.382 e. The van der Waals surface area contributed by atoms with Crippen LogP contribution < -0.4 is 4.90 Å². The summed E-state index contributed by atoms with van der Waals surface area (Å²) in [6, 6.07) is 1.96. The van der Waals surface area contributed by atoms with Crippen LogP contribution in [-0.2, 0) is 9.47 Å². The molecule has 1 aliphatic heterocycles. The summed E-state index contributed by atoms with van der Waals surface area (Å²) in [6.45, 7) is 2.95. The number of nitriles is 1. The molecule has 1 saturated heterocycles. The minimum atomic E-state index is 0.220. The predicted octanol–water partition coefficient (Wildman–Crippen LogP) is 0.590. The zero-order chi connectivity index (χ0) is 12.8. The second-order valence-corrected chi connectivity index (χ2v) is 4.09. The topological polar surface area (TPSA) is 71.3 Å². The molecule has 18 heavy (non-hydrogen) atoms. The van der Waals surface area contributed by atoms with Gasteiger partial charge in [0.1, 0.15) is 11.9 Å². The summed E-state index contributed by atoms with van der Waals surface area (Å²) in [5, 5.41) is 8.66. The van der Waals surface area contributed by atoms with E-state index in [-0.39, 0.29) is 6.10 Å². The zero-order valence-corrected chi connectivity index (χ0v) is 10.4. The fraction of sp³-hybridized carbons (Fsp3) is 0.583. The predicted molar refractivity (Wildman–Crippen MR) is 65.2 cm³/mol. The van der Waals surface area contributed by atoms with E-state index in [1.54, 1.807) is 13.3 Å². The first kappa shape index (κ1) is 12.7. The van der Waals surface area contributed by atoms with Crippen molar-refractivity contribution in [1.29, 1.82) is 5.26 Å². The quantitative estimate of drug-likeness (QED) is 0.710. The summed E-state index contributed by atoms with van der Waals surface area (Å²) in [4.78, 5) is 10.4. The number of rotatable bonds is 5. The van der Waals surface area contributed by atoms with Crippen LogP contribution in [0.4, 0.5) is 5.82 Å². The molecule has 1 atom stereocenters. The molecule has 0 spiro atoms. The lowest BCUT2D eigenvalue weighted by Crippen LogP contribution is -2.24. The normalized spacial score (nSPS) is 18.9. The highest BCUT2D eigenvalue weighted by Crippen LogP contribution is 2.18. The molecule has 0 radical (unpaired) electrons. The van der Waals surface area contributed by atoms with Crippen molar-refractivity contribution in [3.05, 3.63) is 18.1 Å². The van der Waals surface area contributed by atoms with Crippen molar-refractivity contribution in [3.8, 4) is 6.07 Å². The Morgan fingerprint density at radius 1 is 1.44 bits per heavy atom. The highest BCUT2D eigenvalue weighted by Gasteiger charge is 2.24. The lowest BCUT2D eigenvalue weighted by Gasteiger charge is -2.16. The first-order chi connectivity index (χ1) is 8.83. The van der Waals surface area contributed by atoms with Crippen LogP contribution in [0.1, 0.15) is 12.1 Å². The molecule has 6 heteroatoms. The van der Waals surface area contributed by atoms with Crippen molar-refractivity contribution in [2.24, 2.45) is 0 Å². The number of ether oxygens (including phenoxy) is 2. The Labute approximate surface area is 106 Å². The smallest absolute Gasteiger partial charge is 0.158 e. The van der Waals surface area contributed by atoms with Crippen LogP contribution in [0.2, 0.25) is 0 Å². The summed E-state index contributed by atoms with van der Waals surface area (Å²) < 4.78 is 10.6. The van der Waals surface area contributed by atoms with Gasteiger partial charge in [0.25, 0.3) is 0 Å². The highest BCUT2D eigenvalue weighted by atomic mass is 16.5. The maximum atomic E-state index is 8.66. The van der Waals surface area contributed by atoms with Crippen molar-refractivity contribution < 1.29 is 9.47 Å². The number of hydrogen-bond donors (Lipinski definition) is 0. The summed E-state index contributed by atoms with van der Waals surface area (Å²) in [5.74, 6) is 0.798. The molecule has 0 aromatic carbocycles. The van der Waals surface area contributed by atoms with Gasteiger partial charge in [-0.1, -0.05) is 0 Å². The van der Waals surface area contributed by atoms with Crippen LogP contribution in [0, 0.1) is 11.3 Å². The molecule has 0 N–H and O–H groups in total. The molecule has 0 amide bonds. The molecular formula is C12H16N4O2. The lowest BCUT2D eigenvalue weighted by molar-refractivity contribution is 0.0280. The maximum absolute atomic E-state index is 8.66. The SMILES string of the molecule is COCCOC1CCN(c2cnc(C#N)cn2)C1. The van der Waals surface area contributed by atoms with Gasteiger partial charge in [-0.25, -0.2) is 9.97 Å². The minimum absolute atomic E-state index is 0.220. The second-order valence-electron chi connectivity index (χ2n) is 4.09. The Morgan fingerprint density at radius 2 is 2.33 bits per heavy atom. The molecule has 1 unspecified atom stereocenters. The molecule has 0 bridgehead atoms. The highest BCUT2D eigenvalue weighted by molar-refractivity contribution is 5.38. The average Bonchev–Trinajstić information content (AvgIpc) is 2.88. The first-order valence-corrected chi connectivity index (χ1v) is 5.91. The van der Waals surface area contributed by atoms with E-state index in [1.807, 2.05) is 6.07 Å². The minimum Gasteiger partial charge on any atom is -0.382 e. The van der Waals surface area contributed by atoms with Gasteiger partial charge in [-0.3, -0.25) is 0 Å². The Bertz CT molecular complexity index is 415. The molecular weight excluding hydrogens is 232 g/mol. The number of methoxy groups -OCH3 is 1. The van der Waals surface area contributed by atoms with Crippen LogP contribution in [-0.4, -0.2) is 49.5 Å². The Balaban J connectivity index is 1.86. The summed E-state index contributed by atoms with van der Waals surface area (Å²) in [5.41, 5.74) is 0.339.